The van der Waals surface area contributed by atoms with E-state index in [1.165, 1.54) is 0 Å². The maximum absolute atomic E-state index is 5.76. The summed E-state index contributed by atoms with van der Waals surface area (Å²) in [5.74, 6) is 2.71. The summed E-state index contributed by atoms with van der Waals surface area (Å²) in [6.45, 7) is 2.22. The van der Waals surface area contributed by atoms with E-state index in [1.807, 2.05) is 50.5 Å². The van der Waals surface area contributed by atoms with Gasteiger partial charge in [0.2, 0.25) is 0 Å². The van der Waals surface area contributed by atoms with Crippen LogP contribution in [0.4, 0.5) is 0 Å². The number of furan rings is 1. The van der Waals surface area contributed by atoms with Gasteiger partial charge in [0, 0.05) is 16.8 Å². The summed E-state index contributed by atoms with van der Waals surface area (Å²) in [4.78, 5) is 0. The van der Waals surface area contributed by atoms with Gasteiger partial charge in [0.05, 0.1) is 11.3 Å². The number of halogens is 1. The Balaban J connectivity index is 1.48. The van der Waals surface area contributed by atoms with Crippen molar-refractivity contribution in [2.75, 3.05) is 0 Å². The van der Waals surface area contributed by atoms with E-state index in [0.717, 1.165) is 20.6 Å². The van der Waals surface area contributed by atoms with E-state index in [-0.39, 0.29) is 0 Å². The van der Waals surface area contributed by atoms with Gasteiger partial charge < -0.3 is 13.6 Å². The van der Waals surface area contributed by atoms with Crippen molar-refractivity contribution in [3.05, 3.63) is 57.6 Å². The largest absolute Gasteiger partial charge is 0.486 e. The third-order valence-corrected chi connectivity index (χ3v) is 4.46. The molecule has 3 heterocycles. The van der Waals surface area contributed by atoms with Crippen LogP contribution < -0.4 is 4.74 Å². The Morgan fingerprint density at radius 2 is 1.81 bits per heavy atom. The predicted octanol–water partition coefficient (Wildman–Crippen LogP) is 4.22. The summed E-state index contributed by atoms with van der Waals surface area (Å²) in [6, 6.07) is 11.5. The summed E-state index contributed by atoms with van der Waals surface area (Å²) in [5, 5.41) is 12.4. The Bertz CT molecular complexity index is 1030. The summed E-state index contributed by atoms with van der Waals surface area (Å²) < 4.78 is 20.1. The summed E-state index contributed by atoms with van der Waals surface area (Å²) in [7, 11) is 1.85. The van der Waals surface area contributed by atoms with Crippen LogP contribution in [0.2, 0.25) is 0 Å². The Morgan fingerprint density at radius 1 is 1.04 bits per heavy atom. The Kier molecular flexibility index (Phi) is 4.49. The van der Waals surface area contributed by atoms with Crippen molar-refractivity contribution in [2.45, 2.75) is 13.5 Å². The molecule has 0 bridgehead atoms. The third-order valence-electron chi connectivity index (χ3n) is 3.74. The lowest BCUT2D eigenvalue weighted by atomic mass is 10.3. The van der Waals surface area contributed by atoms with Crippen LogP contribution in [0.1, 0.15) is 11.5 Å². The number of nitrogens with zero attached hydrogens (tertiary/aromatic N) is 4. The number of rotatable bonds is 5. The van der Waals surface area contributed by atoms with Crippen molar-refractivity contribution >= 4 is 22.6 Å². The number of aryl methyl sites for hydroxylation is 2. The van der Waals surface area contributed by atoms with Crippen LogP contribution in [0.25, 0.3) is 23.1 Å². The molecule has 0 aliphatic heterocycles. The minimum Gasteiger partial charge on any atom is -0.486 e. The van der Waals surface area contributed by atoms with Gasteiger partial charge in [-0.3, -0.25) is 4.68 Å². The number of hydrogen-bond donors (Lipinski definition) is 0. The lowest BCUT2D eigenvalue weighted by Crippen LogP contribution is -1.93. The zero-order valence-electron chi connectivity index (χ0n) is 14.1. The number of hydrogen-bond acceptors (Lipinski definition) is 6. The molecule has 132 valence electrons. The van der Waals surface area contributed by atoms with Crippen LogP contribution in [0, 0.1) is 10.5 Å². The first-order chi connectivity index (χ1) is 12.6. The van der Waals surface area contributed by atoms with E-state index < -0.39 is 0 Å². The van der Waals surface area contributed by atoms with Crippen LogP contribution in [0.5, 0.6) is 5.75 Å². The monoisotopic (exact) mass is 462 g/mol. The van der Waals surface area contributed by atoms with Crippen LogP contribution in [0.15, 0.2) is 51.4 Å². The van der Waals surface area contributed by atoms with E-state index in [4.69, 9.17) is 13.6 Å². The Labute approximate surface area is 163 Å². The van der Waals surface area contributed by atoms with Gasteiger partial charge in [0.15, 0.2) is 5.76 Å². The zero-order chi connectivity index (χ0) is 18.1. The standard InChI is InChI=1S/C18H15IN4O3/c1-11-15(9-23(2)22-11)17-20-21-18(26-17)16-8-7-14(25-16)10-24-13-5-3-12(19)4-6-13/h3-9H,10H2,1-2H3. The molecule has 0 fully saturated rings. The van der Waals surface area contributed by atoms with Gasteiger partial charge in [-0.25, -0.2) is 0 Å². The van der Waals surface area contributed by atoms with E-state index >= 15 is 0 Å². The van der Waals surface area contributed by atoms with E-state index in [1.54, 1.807) is 10.7 Å². The molecule has 7 nitrogen and oxygen atoms in total. The molecule has 26 heavy (non-hydrogen) atoms. The highest BCUT2D eigenvalue weighted by atomic mass is 127. The van der Waals surface area contributed by atoms with Crippen molar-refractivity contribution in [2.24, 2.45) is 7.05 Å². The fraction of sp³-hybridized carbons (Fsp3) is 0.167. The first-order valence-corrected chi connectivity index (χ1v) is 8.98. The van der Waals surface area contributed by atoms with Crippen LogP contribution >= 0.6 is 22.6 Å². The lowest BCUT2D eigenvalue weighted by Gasteiger charge is -2.03. The summed E-state index contributed by atoms with van der Waals surface area (Å²) in [5.41, 5.74) is 1.63. The van der Waals surface area contributed by atoms with Crippen molar-refractivity contribution in [1.82, 2.24) is 20.0 Å². The molecule has 0 saturated heterocycles. The first-order valence-electron chi connectivity index (χ1n) is 7.90. The van der Waals surface area contributed by atoms with Gasteiger partial charge in [-0.1, -0.05) is 0 Å². The fourth-order valence-corrected chi connectivity index (χ4v) is 2.86. The second-order valence-corrected chi connectivity index (χ2v) is 6.97. The molecule has 0 radical (unpaired) electrons. The molecular formula is C18H15IN4O3. The molecule has 0 N–H and O–H groups in total. The smallest absolute Gasteiger partial charge is 0.283 e. The molecule has 0 amide bonds. The maximum atomic E-state index is 5.76. The molecule has 0 spiro atoms. The first kappa shape index (κ1) is 16.8. The fourth-order valence-electron chi connectivity index (χ4n) is 2.50. The molecule has 0 saturated carbocycles. The van der Waals surface area contributed by atoms with Gasteiger partial charge in [-0.15, -0.1) is 10.2 Å². The third kappa shape index (κ3) is 3.50. The average Bonchev–Trinajstić information content (AvgIpc) is 3.34. The molecule has 4 rings (SSSR count). The zero-order valence-corrected chi connectivity index (χ0v) is 16.3. The Hall–Kier alpha value is -2.62. The second-order valence-electron chi connectivity index (χ2n) is 5.72. The van der Waals surface area contributed by atoms with E-state index in [0.29, 0.717) is 29.9 Å². The van der Waals surface area contributed by atoms with Crippen LogP contribution in [-0.2, 0) is 13.7 Å². The van der Waals surface area contributed by atoms with E-state index in [2.05, 4.69) is 37.9 Å². The second kappa shape index (κ2) is 6.94. The summed E-state index contributed by atoms with van der Waals surface area (Å²) in [6.07, 6.45) is 1.84. The van der Waals surface area contributed by atoms with Crippen molar-refractivity contribution in [3.8, 4) is 28.9 Å². The highest BCUT2D eigenvalue weighted by Crippen LogP contribution is 2.27. The molecular weight excluding hydrogens is 447 g/mol. The molecule has 0 unspecified atom stereocenters. The molecule has 0 aliphatic rings. The van der Waals surface area contributed by atoms with Crippen molar-refractivity contribution in [1.29, 1.82) is 0 Å². The number of ether oxygens (including phenoxy) is 1. The summed E-state index contributed by atoms with van der Waals surface area (Å²) >= 11 is 2.25. The molecule has 4 aromatic rings. The Morgan fingerprint density at radius 3 is 2.54 bits per heavy atom. The average molecular weight is 462 g/mol. The quantitative estimate of drug-likeness (QED) is 0.414. The number of aromatic nitrogens is 4. The molecule has 1 aromatic carbocycles. The number of benzene rings is 1. The topological polar surface area (TPSA) is 79.1 Å². The minimum absolute atomic E-state index is 0.323. The van der Waals surface area contributed by atoms with Crippen LogP contribution in [-0.4, -0.2) is 20.0 Å². The van der Waals surface area contributed by atoms with Gasteiger partial charge in [-0.05, 0) is 65.9 Å². The van der Waals surface area contributed by atoms with Crippen LogP contribution in [0.3, 0.4) is 0 Å². The predicted molar refractivity (Wildman–Crippen MR) is 102 cm³/mol. The SMILES string of the molecule is Cc1nn(C)cc1-c1nnc(-c2ccc(COc3ccc(I)cc3)o2)o1. The van der Waals surface area contributed by atoms with Gasteiger partial charge >= 0.3 is 0 Å². The normalized spacial score (nSPS) is 11.0. The van der Waals surface area contributed by atoms with Crippen molar-refractivity contribution in [3.63, 3.8) is 0 Å². The highest BCUT2D eigenvalue weighted by Gasteiger charge is 2.17. The van der Waals surface area contributed by atoms with Gasteiger partial charge in [-0.2, -0.15) is 5.10 Å². The maximum Gasteiger partial charge on any atom is 0.283 e. The molecule has 0 aliphatic carbocycles. The highest BCUT2D eigenvalue weighted by molar-refractivity contribution is 14.1. The minimum atomic E-state index is 0.323. The van der Waals surface area contributed by atoms with Gasteiger partial charge in [0.25, 0.3) is 11.8 Å². The van der Waals surface area contributed by atoms with Crippen molar-refractivity contribution < 1.29 is 13.6 Å². The molecule has 8 heteroatoms. The molecule has 0 atom stereocenters. The molecule has 3 aromatic heterocycles. The van der Waals surface area contributed by atoms with Gasteiger partial charge in [0.1, 0.15) is 18.1 Å². The van der Waals surface area contributed by atoms with E-state index in [9.17, 15) is 0 Å². The lowest BCUT2D eigenvalue weighted by molar-refractivity contribution is 0.271.